The Hall–Kier alpha value is -6.04. The normalized spacial score (nSPS) is 15.4. The van der Waals surface area contributed by atoms with Crippen molar-refractivity contribution in [2.24, 2.45) is 0 Å². The first-order valence-corrected chi connectivity index (χ1v) is 26.9. The molecule has 1 fully saturated rings. The van der Waals surface area contributed by atoms with Gasteiger partial charge < -0.3 is 72.4 Å². The SMILES string of the molecule is C.C.O=C1OCCO1.O=C=O.O=P1(C(c2ccc(O)cc2)c2ccc(O)cc2)Oc2ccccc2-c2ccccc21.O=P1(C(c2ccc(OCCO)cc2)c2ccc(OCCO)cc2)Oc2ccccc2-c2ccccc21.[I-].[K+]. The molecule has 0 aromatic heterocycles. The fourth-order valence-corrected chi connectivity index (χ4v) is 14.6. The molecule has 79 heavy (non-hydrogen) atoms. The second kappa shape index (κ2) is 31.1. The van der Waals surface area contributed by atoms with Gasteiger partial charge in [-0.25, -0.2) is 4.79 Å². The molecule has 1 saturated heterocycles. The van der Waals surface area contributed by atoms with Gasteiger partial charge in [-0.2, -0.15) is 9.59 Å². The van der Waals surface area contributed by atoms with Crippen LogP contribution in [0.1, 0.15) is 48.4 Å². The van der Waals surface area contributed by atoms with Gasteiger partial charge in [0.05, 0.1) is 23.8 Å². The zero-order valence-corrected chi connectivity index (χ0v) is 48.5. The standard InChI is InChI=1S/C29H27O6P.C25H19O4P.C3H4O3.CO2.2CH4.HI.K/c30-17-19-33-23-13-9-21(10-14-23)29(22-11-15-24(16-12-22)34-20-18-31)36(32)28-8-4-2-6-26(28)25-5-1-3-7-27(25)35-36;26-19-13-9-17(10-14-19)25(18-11-15-20(27)16-12-18)30(28)24-8-4-2-6-22(24)21-5-1-3-7-23(21)29-30;4-3-5-1-2-6-3;2-1-3;;;;/h1-16,29-31H,17-20H2;1-16,25-27H;1-2H2;;2*1H4;1H;/q;;;;;;;+1/p-1. The summed E-state index contributed by atoms with van der Waals surface area (Å²) in [6.45, 7) is 1.08. The van der Waals surface area contributed by atoms with Crippen LogP contribution in [0.3, 0.4) is 0 Å². The largest absolute Gasteiger partial charge is 1.00 e. The summed E-state index contributed by atoms with van der Waals surface area (Å²) in [6.07, 6.45) is -0.296. The van der Waals surface area contributed by atoms with Crippen LogP contribution in [-0.4, -0.2) is 72.4 Å². The molecule has 2 atom stereocenters. The summed E-state index contributed by atoms with van der Waals surface area (Å²) in [6, 6.07) is 58.8. The van der Waals surface area contributed by atoms with E-state index < -0.39 is 32.2 Å². The average Bonchev–Trinajstić information content (AvgIpc) is 3.81. The van der Waals surface area contributed by atoms with Crippen molar-refractivity contribution in [3.63, 3.8) is 0 Å². The smallest absolute Gasteiger partial charge is 1.00 e. The first kappa shape index (κ1) is 65.5. The van der Waals surface area contributed by atoms with Gasteiger partial charge in [0, 0.05) is 11.1 Å². The molecule has 0 amide bonds. The number of cyclic esters (lactones) is 2. The molecule has 0 spiro atoms. The van der Waals surface area contributed by atoms with Crippen LogP contribution in [0.5, 0.6) is 34.5 Å². The summed E-state index contributed by atoms with van der Waals surface area (Å²) < 4.78 is 62.2. The molecule has 0 aliphatic carbocycles. The Kier molecular flexibility index (Phi) is 25.8. The topological polar surface area (TPSA) is 222 Å². The third-order valence-corrected chi connectivity index (χ3v) is 17.6. The Balaban J connectivity index is 0.000000284. The number of aliphatic hydroxyl groups excluding tert-OH is 2. The summed E-state index contributed by atoms with van der Waals surface area (Å²) in [5, 5.41) is 39.0. The molecule has 4 N–H and O–H groups in total. The van der Waals surface area contributed by atoms with Crippen molar-refractivity contribution < 1.29 is 147 Å². The third kappa shape index (κ3) is 15.5. The van der Waals surface area contributed by atoms with Crippen molar-refractivity contribution in [3.05, 3.63) is 216 Å². The molecule has 8 aromatic carbocycles. The number of para-hydroxylation sites is 2. The maximum Gasteiger partial charge on any atom is 1.00 e. The molecule has 11 rings (SSSR count). The van der Waals surface area contributed by atoms with E-state index in [0.29, 0.717) is 46.8 Å². The van der Waals surface area contributed by atoms with Crippen LogP contribution < -0.4 is 104 Å². The number of hydrogen-bond donors (Lipinski definition) is 4. The fraction of sp³-hybridized carbons (Fsp3) is 0.167. The second-order valence-corrected chi connectivity index (χ2v) is 21.5. The number of ether oxygens (including phenoxy) is 4. The molecule has 3 heterocycles. The number of halogens is 1. The van der Waals surface area contributed by atoms with Crippen molar-refractivity contribution in [2.45, 2.75) is 26.2 Å². The zero-order valence-electron chi connectivity index (χ0n) is 41.4. The number of carbonyl (C=O) groups is 1. The minimum Gasteiger partial charge on any atom is -1.00 e. The van der Waals surface area contributed by atoms with E-state index in [9.17, 15) is 19.6 Å². The molecule has 3 aliphatic heterocycles. The van der Waals surface area contributed by atoms with E-state index in [4.69, 9.17) is 38.3 Å². The van der Waals surface area contributed by atoms with E-state index in [1.807, 2.05) is 146 Å². The van der Waals surface area contributed by atoms with Gasteiger partial charge in [0.2, 0.25) is 0 Å². The van der Waals surface area contributed by atoms with Crippen LogP contribution >= 0.6 is 14.7 Å². The predicted octanol–water partition coefficient (Wildman–Crippen LogP) is 5.88. The minimum absolute atomic E-state index is 0. The van der Waals surface area contributed by atoms with Gasteiger partial charge in [-0.1, -0.05) is 136 Å². The number of aromatic hydroxyl groups is 2. The first-order chi connectivity index (χ1) is 36.5. The quantitative estimate of drug-likeness (QED) is 0.0486. The van der Waals surface area contributed by atoms with E-state index >= 15 is 4.57 Å². The number of aliphatic hydroxyl groups is 2. The summed E-state index contributed by atoms with van der Waals surface area (Å²) >= 11 is 0. The Bertz CT molecular complexity index is 3250. The van der Waals surface area contributed by atoms with Gasteiger partial charge in [-0.05, 0) is 106 Å². The molecular weight excluding hydrogens is 1190 g/mol. The van der Waals surface area contributed by atoms with Crippen molar-refractivity contribution in [2.75, 3.05) is 39.6 Å². The second-order valence-electron chi connectivity index (χ2n) is 16.7. The number of phenols is 2. The van der Waals surface area contributed by atoms with Crippen molar-refractivity contribution in [1.82, 2.24) is 0 Å². The van der Waals surface area contributed by atoms with Crippen LogP contribution in [-0.2, 0) is 28.2 Å². The molecule has 0 bridgehead atoms. The summed E-state index contributed by atoms with van der Waals surface area (Å²) in [4.78, 5) is 26.0. The van der Waals surface area contributed by atoms with E-state index in [1.54, 1.807) is 48.5 Å². The van der Waals surface area contributed by atoms with Crippen molar-refractivity contribution in [1.29, 1.82) is 0 Å². The Morgan fingerprint density at radius 3 is 1.06 bits per heavy atom. The zero-order chi connectivity index (χ0) is 52.8. The molecule has 15 nitrogen and oxygen atoms in total. The first-order valence-electron chi connectivity index (χ1n) is 23.5. The van der Waals surface area contributed by atoms with E-state index in [0.717, 1.165) is 44.5 Å². The number of carbonyl (C=O) groups excluding carboxylic acids is 3. The molecule has 0 radical (unpaired) electrons. The van der Waals surface area contributed by atoms with Gasteiger partial charge in [-0.3, -0.25) is 9.13 Å². The number of phenolic OH excluding ortho intramolecular Hbond substituents is 2. The van der Waals surface area contributed by atoms with E-state index in [1.165, 1.54) is 0 Å². The van der Waals surface area contributed by atoms with Crippen LogP contribution in [0.25, 0.3) is 22.3 Å². The van der Waals surface area contributed by atoms with E-state index in [-0.39, 0.29) is 134 Å². The number of rotatable bonds is 12. The monoisotopic (exact) mass is 1250 g/mol. The summed E-state index contributed by atoms with van der Waals surface area (Å²) in [5.41, 5.74) is 5.57. The summed E-state index contributed by atoms with van der Waals surface area (Å²) in [7, 11) is -7.01. The Labute approximate surface area is 518 Å². The summed E-state index contributed by atoms with van der Waals surface area (Å²) in [5.74, 6) is 2.69. The Morgan fingerprint density at radius 1 is 0.468 bits per heavy atom. The van der Waals surface area contributed by atoms with Crippen molar-refractivity contribution >= 4 is 37.7 Å². The van der Waals surface area contributed by atoms with Crippen molar-refractivity contribution in [3.8, 4) is 56.8 Å². The van der Waals surface area contributed by atoms with Crippen LogP contribution in [0.2, 0.25) is 0 Å². The average molecular weight is 1250 g/mol. The number of benzene rings is 8. The third-order valence-electron chi connectivity index (χ3n) is 12.0. The number of fused-ring (bicyclic) bond motifs is 6. The number of hydrogen-bond acceptors (Lipinski definition) is 15. The molecule has 2 unspecified atom stereocenters. The molecule has 3 aliphatic rings. The van der Waals surface area contributed by atoms with E-state index in [2.05, 4.69) is 9.47 Å². The molecule has 0 saturated carbocycles. The van der Waals surface area contributed by atoms with Crippen LogP contribution in [0.4, 0.5) is 4.79 Å². The maximum absolute atomic E-state index is 15.1. The van der Waals surface area contributed by atoms with Crippen LogP contribution in [0.15, 0.2) is 194 Å². The molecule has 8 aromatic rings. The van der Waals surface area contributed by atoms with Gasteiger partial charge in [0.25, 0.3) is 14.7 Å². The molecule has 19 heteroatoms. The molecular formula is C60H58IKO15P2. The Morgan fingerprint density at radius 2 is 0.759 bits per heavy atom. The minimum atomic E-state index is -3.52. The van der Waals surface area contributed by atoms with Gasteiger partial charge in [0.15, 0.2) is 0 Å². The molecule has 406 valence electrons. The van der Waals surface area contributed by atoms with Gasteiger partial charge >= 0.3 is 63.7 Å². The van der Waals surface area contributed by atoms with Crippen LogP contribution in [0, 0.1) is 0 Å². The fourth-order valence-electron chi connectivity index (χ4n) is 8.85. The predicted molar refractivity (Wildman–Crippen MR) is 293 cm³/mol. The maximum atomic E-state index is 15.1. The van der Waals surface area contributed by atoms with Gasteiger partial charge in [0.1, 0.15) is 72.2 Å². The van der Waals surface area contributed by atoms with Gasteiger partial charge in [-0.15, -0.1) is 0 Å².